The molecule has 1 rings (SSSR count). The predicted octanol–water partition coefficient (Wildman–Crippen LogP) is 2.14. The summed E-state index contributed by atoms with van der Waals surface area (Å²) in [5.74, 6) is 0.930. The molecule has 1 unspecified atom stereocenters. The molecule has 1 fully saturated rings. The van der Waals surface area contributed by atoms with Crippen LogP contribution in [0.15, 0.2) is 4.99 Å². The molecule has 0 amide bonds. The first-order valence-corrected chi connectivity index (χ1v) is 9.88. The van der Waals surface area contributed by atoms with Crippen LogP contribution in [0.25, 0.3) is 0 Å². The van der Waals surface area contributed by atoms with Crippen molar-refractivity contribution in [1.82, 2.24) is 10.2 Å². The monoisotopic (exact) mass is 475 g/mol. The van der Waals surface area contributed by atoms with Gasteiger partial charge in [-0.3, -0.25) is 4.99 Å². The molecule has 0 aliphatic carbocycles. The van der Waals surface area contributed by atoms with E-state index in [1.807, 2.05) is 11.8 Å². The number of nitrogens with one attached hydrogen (secondary N) is 1. The average Bonchev–Trinajstić information content (AvgIpc) is 2.40. The van der Waals surface area contributed by atoms with Crippen LogP contribution in [0.5, 0.6) is 0 Å². The van der Waals surface area contributed by atoms with Crippen LogP contribution in [-0.2, 0) is 14.6 Å². The molecular weight excluding hydrogens is 441 g/mol. The minimum Gasteiger partial charge on any atom is -0.379 e. The lowest BCUT2D eigenvalue weighted by atomic mass is 9.89. The molecule has 1 aliphatic heterocycles. The minimum atomic E-state index is -3.05. The number of hydrogen-bond donors (Lipinski definition) is 1. The van der Waals surface area contributed by atoms with Crippen LogP contribution < -0.4 is 5.32 Å². The van der Waals surface area contributed by atoms with Gasteiger partial charge in [-0.05, 0) is 26.2 Å². The van der Waals surface area contributed by atoms with Crippen molar-refractivity contribution in [1.29, 1.82) is 0 Å². The van der Waals surface area contributed by atoms with Crippen molar-refractivity contribution >= 4 is 39.8 Å². The topological polar surface area (TPSA) is 71.0 Å². The molecule has 0 aromatic carbocycles. The van der Waals surface area contributed by atoms with Crippen molar-refractivity contribution in [2.24, 2.45) is 10.4 Å². The Hall–Kier alpha value is -0.0900. The molecule has 6 nitrogen and oxygen atoms in total. The van der Waals surface area contributed by atoms with Gasteiger partial charge in [-0.1, -0.05) is 20.8 Å². The van der Waals surface area contributed by atoms with E-state index in [1.165, 1.54) is 0 Å². The number of sulfone groups is 1. The highest BCUT2D eigenvalue weighted by atomic mass is 127. The first-order valence-electron chi connectivity index (χ1n) is 8.23. The molecule has 24 heavy (non-hydrogen) atoms. The summed E-state index contributed by atoms with van der Waals surface area (Å²) in [6.07, 6.45) is 0.0117. The normalized spacial score (nSPS) is 21.8. The fourth-order valence-corrected chi connectivity index (χ4v) is 3.99. The van der Waals surface area contributed by atoms with Crippen LogP contribution >= 0.6 is 24.0 Å². The lowest BCUT2D eigenvalue weighted by Gasteiger charge is -2.39. The Morgan fingerprint density at radius 3 is 2.38 bits per heavy atom. The summed E-state index contributed by atoms with van der Waals surface area (Å²) in [6.45, 7) is 14.2. The van der Waals surface area contributed by atoms with Gasteiger partial charge in [-0.2, -0.15) is 0 Å². The Morgan fingerprint density at radius 1 is 1.38 bits per heavy atom. The summed E-state index contributed by atoms with van der Waals surface area (Å²) in [6, 6.07) is 0. The zero-order valence-corrected chi connectivity index (χ0v) is 19.2. The van der Waals surface area contributed by atoms with E-state index in [4.69, 9.17) is 9.73 Å². The fourth-order valence-electron chi connectivity index (χ4n) is 2.62. The maximum absolute atomic E-state index is 12.2. The molecule has 8 heteroatoms. The summed E-state index contributed by atoms with van der Waals surface area (Å²) in [5, 5.41) is 3.27. The van der Waals surface area contributed by atoms with Gasteiger partial charge >= 0.3 is 0 Å². The van der Waals surface area contributed by atoms with Crippen molar-refractivity contribution in [2.75, 3.05) is 39.0 Å². The zero-order chi connectivity index (χ0) is 17.9. The Morgan fingerprint density at radius 2 is 1.96 bits per heavy atom. The molecular formula is C16H34IN3O3S. The number of aliphatic imine (C=N–C) groups is 1. The number of halogens is 1. The van der Waals surface area contributed by atoms with Gasteiger partial charge in [-0.25, -0.2) is 8.42 Å². The quantitative estimate of drug-likeness (QED) is 0.383. The molecule has 1 N–H and O–H groups in total. The smallest absolute Gasteiger partial charge is 0.194 e. The van der Waals surface area contributed by atoms with Crippen LogP contribution in [0, 0.1) is 5.41 Å². The Balaban J connectivity index is 0.00000529. The van der Waals surface area contributed by atoms with Crippen LogP contribution in [0.3, 0.4) is 0 Å². The van der Waals surface area contributed by atoms with Gasteiger partial charge in [0.1, 0.15) is 0 Å². The van der Waals surface area contributed by atoms with Gasteiger partial charge in [0.15, 0.2) is 15.8 Å². The second-order valence-corrected chi connectivity index (χ2v) is 10.5. The number of ether oxygens (including phenoxy) is 1. The minimum absolute atomic E-state index is 0. The Labute approximate surface area is 164 Å². The highest BCUT2D eigenvalue weighted by Gasteiger charge is 2.41. The standard InChI is InChI=1S/C16H33N3O3S.HI/c1-8-17-14(18-11-13(22-7)15(2,3)4)19-9-10-23(20,21)16(5,6)12-19;/h13H,8-12H2,1-7H3,(H,17,18);1H. The zero-order valence-electron chi connectivity index (χ0n) is 16.0. The van der Waals surface area contributed by atoms with E-state index in [0.717, 1.165) is 12.5 Å². The number of guanidine groups is 1. The highest BCUT2D eigenvalue weighted by molar-refractivity contribution is 14.0. The largest absolute Gasteiger partial charge is 0.379 e. The predicted molar refractivity (Wildman–Crippen MR) is 111 cm³/mol. The molecule has 0 bridgehead atoms. The first kappa shape index (κ1) is 23.9. The van der Waals surface area contributed by atoms with E-state index in [2.05, 4.69) is 26.1 Å². The molecule has 0 aromatic rings. The van der Waals surface area contributed by atoms with Crippen molar-refractivity contribution < 1.29 is 13.2 Å². The van der Waals surface area contributed by atoms with E-state index in [1.54, 1.807) is 21.0 Å². The van der Waals surface area contributed by atoms with Gasteiger partial charge in [0.05, 0.1) is 23.1 Å². The van der Waals surface area contributed by atoms with Crippen molar-refractivity contribution in [2.45, 2.75) is 52.4 Å². The molecule has 1 aliphatic rings. The van der Waals surface area contributed by atoms with Gasteiger partial charge < -0.3 is 15.0 Å². The maximum Gasteiger partial charge on any atom is 0.194 e. The summed E-state index contributed by atoms with van der Waals surface area (Å²) in [5.41, 5.74) is 0.0000823. The van der Waals surface area contributed by atoms with Crippen LogP contribution in [-0.4, -0.2) is 69.2 Å². The van der Waals surface area contributed by atoms with Crippen molar-refractivity contribution in [3.05, 3.63) is 0 Å². The van der Waals surface area contributed by atoms with Crippen LogP contribution in [0.1, 0.15) is 41.5 Å². The third-order valence-electron chi connectivity index (χ3n) is 4.34. The van der Waals surface area contributed by atoms with Crippen molar-refractivity contribution in [3.63, 3.8) is 0 Å². The summed E-state index contributed by atoms with van der Waals surface area (Å²) in [4.78, 5) is 6.74. The third-order valence-corrected chi connectivity index (χ3v) is 6.87. The van der Waals surface area contributed by atoms with Gasteiger partial charge in [-0.15, -0.1) is 24.0 Å². The van der Waals surface area contributed by atoms with E-state index in [0.29, 0.717) is 19.6 Å². The number of rotatable bonds is 4. The summed E-state index contributed by atoms with van der Waals surface area (Å²) >= 11 is 0. The molecule has 0 spiro atoms. The first-order chi connectivity index (χ1) is 10.4. The van der Waals surface area contributed by atoms with Crippen LogP contribution in [0.2, 0.25) is 0 Å². The molecule has 0 saturated carbocycles. The summed E-state index contributed by atoms with van der Waals surface area (Å²) < 4.78 is 29.1. The average molecular weight is 475 g/mol. The number of methoxy groups -OCH3 is 1. The van der Waals surface area contributed by atoms with Crippen LogP contribution in [0.4, 0.5) is 0 Å². The van der Waals surface area contributed by atoms with Gasteiger partial charge in [0, 0.05) is 26.7 Å². The SMILES string of the molecule is CCNC(=NCC(OC)C(C)(C)C)N1CCS(=O)(=O)C(C)(C)C1.I. The van der Waals surface area contributed by atoms with Crippen molar-refractivity contribution in [3.8, 4) is 0 Å². The fraction of sp³-hybridized carbons (Fsp3) is 0.938. The molecule has 0 radical (unpaired) electrons. The molecule has 144 valence electrons. The van der Waals surface area contributed by atoms with E-state index in [-0.39, 0.29) is 41.2 Å². The molecule has 1 atom stereocenters. The summed E-state index contributed by atoms with van der Waals surface area (Å²) in [7, 11) is -1.35. The lowest BCUT2D eigenvalue weighted by Crippen LogP contribution is -2.57. The maximum atomic E-state index is 12.2. The third kappa shape index (κ3) is 6.01. The number of nitrogens with zero attached hydrogens (tertiary/aromatic N) is 2. The Bertz CT molecular complexity index is 527. The lowest BCUT2D eigenvalue weighted by molar-refractivity contribution is 0.0239. The molecule has 1 heterocycles. The van der Waals surface area contributed by atoms with E-state index < -0.39 is 14.6 Å². The van der Waals surface area contributed by atoms with Gasteiger partial charge in [0.25, 0.3) is 0 Å². The number of hydrogen-bond acceptors (Lipinski definition) is 4. The van der Waals surface area contributed by atoms with Gasteiger partial charge in [0.2, 0.25) is 0 Å². The molecule has 1 saturated heterocycles. The van der Waals surface area contributed by atoms with E-state index >= 15 is 0 Å². The second-order valence-electron chi connectivity index (χ2n) is 7.79. The second kappa shape index (κ2) is 9.02. The van der Waals surface area contributed by atoms with E-state index in [9.17, 15) is 8.42 Å². The Kier molecular flexibility index (Phi) is 8.99. The highest BCUT2D eigenvalue weighted by Crippen LogP contribution is 2.24. The molecule has 0 aromatic heterocycles.